The van der Waals surface area contributed by atoms with Crippen LogP contribution in [0.1, 0.15) is 19.4 Å². The summed E-state index contributed by atoms with van der Waals surface area (Å²) < 4.78 is 5.15. The fourth-order valence-corrected chi connectivity index (χ4v) is 1.31. The molecule has 1 rings (SSSR count). The Morgan fingerprint density at radius 2 is 2.24 bits per heavy atom. The van der Waals surface area contributed by atoms with Gasteiger partial charge >= 0.3 is 0 Å². The molecule has 0 atom stereocenters. The predicted octanol–water partition coefficient (Wildman–Crippen LogP) is 1.76. The molecule has 0 spiro atoms. The number of rotatable bonds is 5. The molecule has 4 heteroatoms. The van der Waals surface area contributed by atoms with Crippen LogP contribution >= 0.6 is 0 Å². The molecule has 1 aromatic carbocycles. The minimum absolute atomic E-state index is 0.488. The van der Waals surface area contributed by atoms with Gasteiger partial charge in [0.2, 0.25) is 0 Å². The van der Waals surface area contributed by atoms with Gasteiger partial charge in [0.1, 0.15) is 5.75 Å². The Morgan fingerprint density at radius 1 is 1.47 bits per heavy atom. The van der Waals surface area contributed by atoms with E-state index in [2.05, 4.69) is 24.2 Å². The van der Waals surface area contributed by atoms with Crippen LogP contribution in [0.5, 0.6) is 5.75 Å². The van der Waals surface area contributed by atoms with Crippen LogP contribution in [0.25, 0.3) is 0 Å². The highest BCUT2D eigenvalue weighted by atomic mass is 16.5. The van der Waals surface area contributed by atoms with Crippen LogP contribution in [0.2, 0.25) is 0 Å². The Labute approximate surface area is 103 Å². The molecule has 1 aromatic rings. The first-order valence-corrected chi connectivity index (χ1v) is 5.78. The Balaban J connectivity index is 2.50. The molecule has 0 saturated carbocycles. The second-order valence-electron chi connectivity index (χ2n) is 4.33. The summed E-state index contributed by atoms with van der Waals surface area (Å²) in [4.78, 5) is 4.27. The molecular weight excluding hydrogens is 214 g/mol. The van der Waals surface area contributed by atoms with E-state index in [4.69, 9.17) is 10.5 Å². The third-order valence-corrected chi connectivity index (χ3v) is 2.26. The van der Waals surface area contributed by atoms with Gasteiger partial charge in [-0.1, -0.05) is 26.0 Å². The van der Waals surface area contributed by atoms with Crippen molar-refractivity contribution in [2.24, 2.45) is 16.6 Å². The van der Waals surface area contributed by atoms with Gasteiger partial charge in [0.15, 0.2) is 5.96 Å². The van der Waals surface area contributed by atoms with Crippen molar-refractivity contribution in [1.82, 2.24) is 5.32 Å². The van der Waals surface area contributed by atoms with E-state index in [1.807, 2.05) is 24.3 Å². The highest BCUT2D eigenvalue weighted by Crippen LogP contribution is 2.12. The number of nitrogens with two attached hydrogens (primary N) is 1. The average molecular weight is 235 g/mol. The first-order valence-electron chi connectivity index (χ1n) is 5.78. The number of methoxy groups -OCH3 is 1. The standard InChI is InChI=1S/C13H21N3O/c1-10(2)8-15-13(14)16-9-11-5-4-6-12(7-11)17-3/h4-7,10H,8-9H2,1-3H3,(H3,14,15,16). The molecule has 0 heterocycles. The number of hydrogen-bond acceptors (Lipinski definition) is 2. The highest BCUT2D eigenvalue weighted by molar-refractivity contribution is 5.77. The maximum absolute atomic E-state index is 5.75. The van der Waals surface area contributed by atoms with E-state index in [0.29, 0.717) is 18.4 Å². The summed E-state index contributed by atoms with van der Waals surface area (Å²) in [5.74, 6) is 1.88. The van der Waals surface area contributed by atoms with E-state index < -0.39 is 0 Å². The van der Waals surface area contributed by atoms with E-state index in [-0.39, 0.29) is 0 Å². The van der Waals surface area contributed by atoms with E-state index in [9.17, 15) is 0 Å². The smallest absolute Gasteiger partial charge is 0.188 e. The summed E-state index contributed by atoms with van der Waals surface area (Å²) in [6.45, 7) is 5.66. The number of nitrogens with zero attached hydrogens (tertiary/aromatic N) is 1. The van der Waals surface area contributed by atoms with Gasteiger partial charge in [0.25, 0.3) is 0 Å². The third kappa shape index (κ3) is 5.24. The van der Waals surface area contributed by atoms with Crippen molar-refractivity contribution < 1.29 is 4.74 Å². The van der Waals surface area contributed by atoms with Crippen LogP contribution in [-0.2, 0) is 6.54 Å². The molecule has 0 unspecified atom stereocenters. The first kappa shape index (κ1) is 13.4. The van der Waals surface area contributed by atoms with Crippen molar-refractivity contribution in [1.29, 1.82) is 0 Å². The predicted molar refractivity (Wildman–Crippen MR) is 71.2 cm³/mol. The summed E-state index contributed by atoms with van der Waals surface area (Å²) in [5, 5.41) is 3.08. The number of guanidine groups is 1. The molecular formula is C13H21N3O. The SMILES string of the molecule is COc1cccc(CN=C(N)NCC(C)C)c1. The molecule has 0 aliphatic carbocycles. The molecule has 0 aliphatic heterocycles. The summed E-state index contributed by atoms with van der Waals surface area (Å²) >= 11 is 0. The number of benzene rings is 1. The second-order valence-corrected chi connectivity index (χ2v) is 4.33. The molecule has 0 saturated heterocycles. The molecule has 4 nitrogen and oxygen atoms in total. The normalized spacial score (nSPS) is 11.6. The van der Waals surface area contributed by atoms with Crippen LogP contribution in [0.15, 0.2) is 29.3 Å². The Bertz CT molecular complexity index is 375. The fraction of sp³-hybridized carbons (Fsp3) is 0.462. The van der Waals surface area contributed by atoms with Crippen LogP contribution < -0.4 is 15.8 Å². The lowest BCUT2D eigenvalue weighted by Crippen LogP contribution is -2.34. The van der Waals surface area contributed by atoms with Crippen molar-refractivity contribution in [2.45, 2.75) is 20.4 Å². The van der Waals surface area contributed by atoms with Gasteiger partial charge in [0, 0.05) is 6.54 Å². The van der Waals surface area contributed by atoms with Crippen molar-refractivity contribution in [2.75, 3.05) is 13.7 Å². The summed E-state index contributed by atoms with van der Waals surface area (Å²) in [5.41, 5.74) is 6.83. The van der Waals surface area contributed by atoms with Crippen molar-refractivity contribution in [3.63, 3.8) is 0 Å². The zero-order valence-corrected chi connectivity index (χ0v) is 10.7. The number of nitrogens with one attached hydrogen (secondary N) is 1. The van der Waals surface area contributed by atoms with E-state index in [1.54, 1.807) is 7.11 Å². The second kappa shape index (κ2) is 6.78. The van der Waals surface area contributed by atoms with Crippen LogP contribution in [0.4, 0.5) is 0 Å². The van der Waals surface area contributed by atoms with E-state index in [0.717, 1.165) is 17.9 Å². The van der Waals surface area contributed by atoms with Gasteiger partial charge in [-0.2, -0.15) is 0 Å². The number of ether oxygens (including phenoxy) is 1. The minimum atomic E-state index is 0.488. The Morgan fingerprint density at radius 3 is 2.88 bits per heavy atom. The number of aliphatic imine (C=N–C) groups is 1. The van der Waals surface area contributed by atoms with Gasteiger partial charge in [0.05, 0.1) is 13.7 Å². The van der Waals surface area contributed by atoms with Crippen molar-refractivity contribution >= 4 is 5.96 Å². The van der Waals surface area contributed by atoms with Gasteiger partial charge < -0.3 is 15.8 Å². The highest BCUT2D eigenvalue weighted by Gasteiger charge is 1.97. The summed E-state index contributed by atoms with van der Waals surface area (Å²) in [6.07, 6.45) is 0. The van der Waals surface area contributed by atoms with Gasteiger partial charge in [-0.05, 0) is 23.6 Å². The zero-order chi connectivity index (χ0) is 12.7. The Hall–Kier alpha value is -1.71. The topological polar surface area (TPSA) is 59.6 Å². The van der Waals surface area contributed by atoms with Gasteiger partial charge in [-0.15, -0.1) is 0 Å². The van der Waals surface area contributed by atoms with Crippen molar-refractivity contribution in [3.8, 4) is 5.75 Å². The maximum atomic E-state index is 5.75. The largest absolute Gasteiger partial charge is 0.497 e. The quantitative estimate of drug-likeness (QED) is 0.604. The summed E-state index contributed by atoms with van der Waals surface area (Å²) in [7, 11) is 1.65. The van der Waals surface area contributed by atoms with Gasteiger partial charge in [-0.25, -0.2) is 4.99 Å². The molecule has 0 amide bonds. The molecule has 0 fully saturated rings. The maximum Gasteiger partial charge on any atom is 0.188 e. The lowest BCUT2D eigenvalue weighted by atomic mass is 10.2. The Kier molecular flexibility index (Phi) is 5.33. The molecule has 94 valence electrons. The third-order valence-electron chi connectivity index (χ3n) is 2.26. The zero-order valence-electron chi connectivity index (χ0n) is 10.7. The van der Waals surface area contributed by atoms with Crippen LogP contribution in [0.3, 0.4) is 0 Å². The molecule has 17 heavy (non-hydrogen) atoms. The summed E-state index contributed by atoms with van der Waals surface area (Å²) in [6, 6.07) is 7.82. The molecule has 0 aliphatic rings. The average Bonchev–Trinajstić information content (AvgIpc) is 2.34. The molecule has 3 N–H and O–H groups in total. The van der Waals surface area contributed by atoms with E-state index >= 15 is 0 Å². The number of hydrogen-bond donors (Lipinski definition) is 2. The molecule has 0 aromatic heterocycles. The van der Waals surface area contributed by atoms with Crippen LogP contribution in [-0.4, -0.2) is 19.6 Å². The van der Waals surface area contributed by atoms with Gasteiger partial charge in [-0.3, -0.25) is 0 Å². The molecule has 0 bridgehead atoms. The monoisotopic (exact) mass is 235 g/mol. The van der Waals surface area contributed by atoms with Crippen molar-refractivity contribution in [3.05, 3.63) is 29.8 Å². The lowest BCUT2D eigenvalue weighted by molar-refractivity contribution is 0.414. The fourth-order valence-electron chi connectivity index (χ4n) is 1.31. The van der Waals surface area contributed by atoms with Crippen LogP contribution in [0, 0.1) is 5.92 Å². The van der Waals surface area contributed by atoms with E-state index in [1.165, 1.54) is 0 Å². The molecule has 0 radical (unpaired) electrons. The lowest BCUT2D eigenvalue weighted by Gasteiger charge is -2.08. The minimum Gasteiger partial charge on any atom is -0.497 e. The first-order chi connectivity index (χ1) is 8.11.